The van der Waals surface area contributed by atoms with Gasteiger partial charge < -0.3 is 14.8 Å². The summed E-state index contributed by atoms with van der Waals surface area (Å²) in [6, 6.07) is 8.91. The van der Waals surface area contributed by atoms with Gasteiger partial charge in [-0.2, -0.15) is 0 Å². The Bertz CT molecular complexity index is 882. The SMILES string of the molecule is COc1cc(-c2cc(Cl)cc(Cl)c2)c2c(CC(=O)O)c[nH]c2c1. The fraction of sp³-hybridized carbons (Fsp3) is 0.118. The van der Waals surface area contributed by atoms with Gasteiger partial charge in [0.05, 0.1) is 13.5 Å². The van der Waals surface area contributed by atoms with Crippen molar-refractivity contribution in [2.45, 2.75) is 6.42 Å². The molecule has 0 saturated carbocycles. The number of fused-ring (bicyclic) bond motifs is 1. The molecule has 0 aliphatic carbocycles. The van der Waals surface area contributed by atoms with Crippen LogP contribution in [0.3, 0.4) is 0 Å². The van der Waals surface area contributed by atoms with E-state index in [1.165, 1.54) is 0 Å². The van der Waals surface area contributed by atoms with Crippen molar-refractivity contribution in [3.8, 4) is 16.9 Å². The van der Waals surface area contributed by atoms with Crippen molar-refractivity contribution in [1.82, 2.24) is 4.98 Å². The highest BCUT2D eigenvalue weighted by Gasteiger charge is 2.15. The number of ether oxygens (including phenoxy) is 1. The third-order valence-corrected chi connectivity index (χ3v) is 4.02. The second-order valence-corrected chi connectivity index (χ2v) is 6.01. The summed E-state index contributed by atoms with van der Waals surface area (Å²) in [7, 11) is 1.58. The quantitative estimate of drug-likeness (QED) is 0.712. The molecule has 3 aromatic rings. The van der Waals surface area contributed by atoms with E-state index >= 15 is 0 Å². The van der Waals surface area contributed by atoms with E-state index in [0.29, 0.717) is 21.4 Å². The zero-order chi connectivity index (χ0) is 16.6. The molecule has 0 aliphatic rings. The molecule has 23 heavy (non-hydrogen) atoms. The fourth-order valence-corrected chi connectivity index (χ4v) is 3.20. The maximum absolute atomic E-state index is 11.1. The first-order valence-corrected chi connectivity index (χ1v) is 7.60. The number of benzene rings is 2. The van der Waals surface area contributed by atoms with Gasteiger partial charge in [0, 0.05) is 33.2 Å². The van der Waals surface area contributed by atoms with E-state index in [4.69, 9.17) is 33.0 Å². The van der Waals surface area contributed by atoms with Crippen LogP contribution < -0.4 is 4.74 Å². The zero-order valence-corrected chi connectivity index (χ0v) is 13.7. The average Bonchev–Trinajstić information content (AvgIpc) is 2.87. The molecule has 1 heterocycles. The molecule has 0 bridgehead atoms. The van der Waals surface area contributed by atoms with Gasteiger partial charge in [0.2, 0.25) is 0 Å². The standard InChI is InChI=1S/C17H13Cl2NO3/c1-23-13-6-14(9-2-11(18)5-12(19)3-9)17-10(4-16(21)22)8-20-15(17)7-13/h2-3,5-8,20H,4H2,1H3,(H,21,22). The van der Waals surface area contributed by atoms with Crippen molar-refractivity contribution in [3.05, 3.63) is 52.1 Å². The molecule has 3 rings (SSSR count). The topological polar surface area (TPSA) is 62.3 Å². The Morgan fingerprint density at radius 2 is 1.87 bits per heavy atom. The highest BCUT2D eigenvalue weighted by atomic mass is 35.5. The minimum Gasteiger partial charge on any atom is -0.497 e. The minimum atomic E-state index is -0.892. The number of aromatic nitrogens is 1. The Hall–Kier alpha value is -2.17. The molecule has 118 valence electrons. The Morgan fingerprint density at radius 3 is 2.48 bits per heavy atom. The summed E-state index contributed by atoms with van der Waals surface area (Å²) in [5.74, 6) is -0.232. The second kappa shape index (κ2) is 6.14. The molecule has 0 amide bonds. The van der Waals surface area contributed by atoms with Gasteiger partial charge in [-0.25, -0.2) is 0 Å². The predicted octanol–water partition coefficient (Wildman–Crippen LogP) is 4.78. The maximum Gasteiger partial charge on any atom is 0.307 e. The lowest BCUT2D eigenvalue weighted by Gasteiger charge is -2.10. The largest absolute Gasteiger partial charge is 0.497 e. The summed E-state index contributed by atoms with van der Waals surface area (Å²) in [6.45, 7) is 0. The van der Waals surface area contributed by atoms with Gasteiger partial charge in [0.1, 0.15) is 5.75 Å². The van der Waals surface area contributed by atoms with E-state index in [9.17, 15) is 4.79 Å². The number of H-pyrrole nitrogens is 1. The highest BCUT2D eigenvalue weighted by molar-refractivity contribution is 6.35. The van der Waals surface area contributed by atoms with Crippen LogP contribution in [0.25, 0.3) is 22.0 Å². The molecule has 2 N–H and O–H groups in total. The van der Waals surface area contributed by atoms with Crippen molar-refractivity contribution < 1.29 is 14.6 Å². The van der Waals surface area contributed by atoms with Gasteiger partial charge in [-0.15, -0.1) is 0 Å². The average molecular weight is 350 g/mol. The number of methoxy groups -OCH3 is 1. The van der Waals surface area contributed by atoms with Crippen LogP contribution in [0.5, 0.6) is 5.75 Å². The Balaban J connectivity index is 2.31. The third-order valence-electron chi connectivity index (χ3n) is 3.59. The summed E-state index contributed by atoms with van der Waals surface area (Å²) in [5.41, 5.74) is 3.12. The number of rotatable bonds is 4. The number of aromatic amines is 1. The lowest BCUT2D eigenvalue weighted by Crippen LogP contribution is -1.99. The van der Waals surface area contributed by atoms with E-state index in [1.807, 2.05) is 12.1 Å². The maximum atomic E-state index is 11.1. The van der Waals surface area contributed by atoms with Gasteiger partial charge in [0.15, 0.2) is 0 Å². The van der Waals surface area contributed by atoms with Gasteiger partial charge in [0.25, 0.3) is 0 Å². The monoisotopic (exact) mass is 349 g/mol. The van der Waals surface area contributed by atoms with Crippen LogP contribution in [-0.4, -0.2) is 23.2 Å². The summed E-state index contributed by atoms with van der Waals surface area (Å²) in [6.07, 6.45) is 1.63. The van der Waals surface area contributed by atoms with Crippen LogP contribution >= 0.6 is 23.2 Å². The summed E-state index contributed by atoms with van der Waals surface area (Å²) < 4.78 is 5.33. The van der Waals surface area contributed by atoms with Crippen LogP contribution in [-0.2, 0) is 11.2 Å². The number of nitrogens with one attached hydrogen (secondary N) is 1. The lowest BCUT2D eigenvalue weighted by molar-refractivity contribution is -0.136. The van der Waals surface area contributed by atoms with Crippen molar-refractivity contribution in [2.24, 2.45) is 0 Å². The van der Waals surface area contributed by atoms with Crippen LogP contribution in [0.2, 0.25) is 10.0 Å². The molecule has 0 saturated heterocycles. The van der Waals surface area contributed by atoms with E-state index < -0.39 is 5.97 Å². The van der Waals surface area contributed by atoms with Crippen molar-refractivity contribution >= 4 is 40.1 Å². The molecule has 0 radical (unpaired) electrons. The zero-order valence-electron chi connectivity index (χ0n) is 12.2. The van der Waals surface area contributed by atoms with Crippen LogP contribution in [0.15, 0.2) is 36.5 Å². The number of hydrogen-bond acceptors (Lipinski definition) is 2. The Kier molecular flexibility index (Phi) is 4.20. The molecule has 4 nitrogen and oxygen atoms in total. The smallest absolute Gasteiger partial charge is 0.307 e. The first-order valence-electron chi connectivity index (χ1n) is 6.84. The van der Waals surface area contributed by atoms with Gasteiger partial charge in [-0.3, -0.25) is 4.79 Å². The molecule has 0 fully saturated rings. The number of carboxylic acids is 1. The van der Waals surface area contributed by atoms with E-state index in [0.717, 1.165) is 22.0 Å². The molecule has 0 atom stereocenters. The van der Waals surface area contributed by atoms with Crippen molar-refractivity contribution in [2.75, 3.05) is 7.11 Å². The van der Waals surface area contributed by atoms with E-state index in [1.54, 1.807) is 31.5 Å². The number of carbonyl (C=O) groups is 1. The summed E-state index contributed by atoms with van der Waals surface area (Å²) in [5, 5.41) is 11.0. The first kappa shape index (κ1) is 15.7. The van der Waals surface area contributed by atoms with Gasteiger partial charge in [-0.1, -0.05) is 23.2 Å². The normalized spacial score (nSPS) is 10.9. The first-order chi connectivity index (χ1) is 11.0. The fourth-order valence-electron chi connectivity index (χ4n) is 2.67. The highest BCUT2D eigenvalue weighted by Crippen LogP contribution is 2.37. The van der Waals surface area contributed by atoms with Crippen LogP contribution in [0.4, 0.5) is 0 Å². The van der Waals surface area contributed by atoms with Crippen molar-refractivity contribution in [3.63, 3.8) is 0 Å². The van der Waals surface area contributed by atoms with Crippen LogP contribution in [0.1, 0.15) is 5.56 Å². The molecule has 6 heteroatoms. The number of carboxylic acid groups (broad SMARTS) is 1. The van der Waals surface area contributed by atoms with Crippen LogP contribution in [0, 0.1) is 0 Å². The molecule has 0 unspecified atom stereocenters. The van der Waals surface area contributed by atoms with E-state index in [-0.39, 0.29) is 6.42 Å². The number of halogens is 2. The predicted molar refractivity (Wildman–Crippen MR) is 91.6 cm³/mol. The number of hydrogen-bond donors (Lipinski definition) is 2. The summed E-state index contributed by atoms with van der Waals surface area (Å²) >= 11 is 12.2. The molecular formula is C17H13Cl2NO3. The molecule has 0 aliphatic heterocycles. The minimum absolute atomic E-state index is 0.0758. The molecule has 2 aromatic carbocycles. The van der Waals surface area contributed by atoms with Crippen molar-refractivity contribution in [1.29, 1.82) is 0 Å². The summed E-state index contributed by atoms with van der Waals surface area (Å²) in [4.78, 5) is 14.2. The van der Waals surface area contributed by atoms with E-state index in [2.05, 4.69) is 4.98 Å². The Labute approximate surface area is 142 Å². The van der Waals surface area contributed by atoms with Gasteiger partial charge in [-0.05, 0) is 41.0 Å². The lowest BCUT2D eigenvalue weighted by atomic mass is 9.97. The molecular weight excluding hydrogens is 337 g/mol. The molecule has 1 aromatic heterocycles. The van der Waals surface area contributed by atoms with Gasteiger partial charge >= 0.3 is 5.97 Å². The second-order valence-electron chi connectivity index (χ2n) is 5.14. The Morgan fingerprint density at radius 1 is 1.17 bits per heavy atom. The molecule has 0 spiro atoms. The third kappa shape index (κ3) is 3.14. The number of aliphatic carboxylic acids is 1.